The highest BCUT2D eigenvalue weighted by molar-refractivity contribution is 6.31. The number of nitrogens with zero attached hydrogens (tertiary/aromatic N) is 3. The van der Waals surface area contributed by atoms with Crippen LogP contribution in [0, 0.1) is 5.82 Å². The summed E-state index contributed by atoms with van der Waals surface area (Å²) in [6, 6.07) is 15.8. The molecule has 1 amide bonds. The molecular formula is C28H24Cl2FN5O. The van der Waals surface area contributed by atoms with Crippen LogP contribution in [0.25, 0.3) is 22.0 Å². The van der Waals surface area contributed by atoms with Gasteiger partial charge in [-0.05, 0) is 68.4 Å². The lowest BCUT2D eigenvalue weighted by Gasteiger charge is -2.17. The number of benzene rings is 3. The van der Waals surface area contributed by atoms with Gasteiger partial charge in [0, 0.05) is 28.4 Å². The van der Waals surface area contributed by atoms with Crippen LogP contribution in [0.1, 0.15) is 12.8 Å². The van der Waals surface area contributed by atoms with Crippen molar-refractivity contribution in [1.29, 1.82) is 0 Å². The van der Waals surface area contributed by atoms with E-state index in [0.29, 0.717) is 33.0 Å². The molecule has 0 saturated carbocycles. The summed E-state index contributed by atoms with van der Waals surface area (Å²) in [6.07, 6.45) is 7.03. The summed E-state index contributed by atoms with van der Waals surface area (Å²) in [5.74, 6) is -0.484. The van der Waals surface area contributed by atoms with Crippen LogP contribution in [0.3, 0.4) is 0 Å². The largest absolute Gasteiger partial charge is 0.337 e. The molecule has 0 bridgehead atoms. The van der Waals surface area contributed by atoms with Gasteiger partial charge in [-0.15, -0.1) is 0 Å². The molecule has 4 aromatic rings. The second-order valence-corrected chi connectivity index (χ2v) is 9.72. The second-order valence-electron chi connectivity index (χ2n) is 8.88. The van der Waals surface area contributed by atoms with Crippen molar-refractivity contribution in [3.8, 4) is 11.1 Å². The average Bonchev–Trinajstić information content (AvgIpc) is 3.30. The molecule has 5 rings (SSSR count). The van der Waals surface area contributed by atoms with E-state index in [4.69, 9.17) is 23.2 Å². The van der Waals surface area contributed by atoms with Crippen molar-refractivity contribution in [1.82, 2.24) is 14.9 Å². The van der Waals surface area contributed by atoms with Gasteiger partial charge in [0.05, 0.1) is 21.6 Å². The maximum Gasteiger partial charge on any atom is 0.248 e. The summed E-state index contributed by atoms with van der Waals surface area (Å²) in [7, 11) is 2.05. The number of halogens is 3. The number of anilines is 3. The first-order chi connectivity index (χ1) is 17.9. The predicted molar refractivity (Wildman–Crippen MR) is 148 cm³/mol. The fourth-order valence-electron chi connectivity index (χ4n) is 4.58. The third-order valence-electron chi connectivity index (χ3n) is 6.43. The highest BCUT2D eigenvalue weighted by atomic mass is 35.5. The number of rotatable bonds is 6. The number of likely N-dealkylation sites (N-methyl/N-ethyl adjacent to an activating group) is 1. The van der Waals surface area contributed by atoms with Crippen LogP contribution >= 0.6 is 23.2 Å². The normalized spacial score (nSPS) is 15.9. The van der Waals surface area contributed by atoms with Crippen LogP contribution in [-0.2, 0) is 4.79 Å². The summed E-state index contributed by atoms with van der Waals surface area (Å²) in [5, 5.41) is 7.18. The summed E-state index contributed by atoms with van der Waals surface area (Å²) in [6.45, 7) is 1.02. The summed E-state index contributed by atoms with van der Waals surface area (Å²) in [5.41, 5.74) is 2.73. The first kappa shape index (κ1) is 25.1. The molecule has 9 heteroatoms. The maximum atomic E-state index is 14.7. The van der Waals surface area contributed by atoms with Gasteiger partial charge in [-0.25, -0.2) is 14.4 Å². The predicted octanol–water partition coefficient (Wildman–Crippen LogP) is 7.08. The first-order valence-electron chi connectivity index (χ1n) is 11.8. The van der Waals surface area contributed by atoms with Gasteiger partial charge < -0.3 is 10.6 Å². The van der Waals surface area contributed by atoms with E-state index in [2.05, 4.69) is 32.5 Å². The van der Waals surface area contributed by atoms with Crippen molar-refractivity contribution >= 4 is 57.2 Å². The van der Waals surface area contributed by atoms with Crippen molar-refractivity contribution in [2.75, 3.05) is 24.2 Å². The molecule has 1 aliphatic heterocycles. The number of amides is 1. The molecule has 188 valence electrons. The first-order valence-corrected chi connectivity index (χ1v) is 12.6. The smallest absolute Gasteiger partial charge is 0.248 e. The number of carbonyl (C=O) groups is 1. The Kier molecular flexibility index (Phi) is 7.37. The van der Waals surface area contributed by atoms with Crippen molar-refractivity contribution in [2.24, 2.45) is 0 Å². The molecule has 1 fully saturated rings. The number of hydrogen-bond acceptors (Lipinski definition) is 5. The van der Waals surface area contributed by atoms with Crippen LogP contribution in [0.4, 0.5) is 21.6 Å². The van der Waals surface area contributed by atoms with Gasteiger partial charge in [0.25, 0.3) is 0 Å². The maximum absolute atomic E-state index is 14.7. The Morgan fingerprint density at radius 2 is 1.95 bits per heavy atom. The monoisotopic (exact) mass is 535 g/mol. The fourth-order valence-corrected chi connectivity index (χ4v) is 4.94. The fraction of sp³-hybridized carbons (Fsp3) is 0.179. The van der Waals surface area contributed by atoms with E-state index >= 15 is 0 Å². The molecule has 1 unspecified atom stereocenters. The van der Waals surface area contributed by atoms with Crippen molar-refractivity contribution in [3.05, 3.63) is 88.9 Å². The van der Waals surface area contributed by atoms with Crippen LogP contribution < -0.4 is 10.6 Å². The van der Waals surface area contributed by atoms with Crippen LogP contribution in [0.15, 0.2) is 73.1 Å². The molecule has 3 aromatic carbocycles. The Morgan fingerprint density at radius 3 is 2.73 bits per heavy atom. The topological polar surface area (TPSA) is 70.2 Å². The second kappa shape index (κ2) is 10.8. The zero-order chi connectivity index (χ0) is 25.9. The number of carbonyl (C=O) groups excluding carboxylic acids is 1. The Hall–Kier alpha value is -3.52. The Morgan fingerprint density at radius 1 is 1.11 bits per heavy atom. The van der Waals surface area contributed by atoms with Gasteiger partial charge in [-0.1, -0.05) is 47.5 Å². The molecule has 1 aliphatic rings. The van der Waals surface area contributed by atoms with Crippen LogP contribution in [0.2, 0.25) is 10.0 Å². The van der Waals surface area contributed by atoms with Gasteiger partial charge in [-0.2, -0.15) is 0 Å². The molecular weight excluding hydrogens is 512 g/mol. The highest BCUT2D eigenvalue weighted by Gasteiger charge is 2.20. The summed E-state index contributed by atoms with van der Waals surface area (Å²) >= 11 is 12.3. The Labute approximate surface area is 224 Å². The molecule has 37 heavy (non-hydrogen) atoms. The molecule has 0 radical (unpaired) electrons. The van der Waals surface area contributed by atoms with Crippen molar-refractivity contribution < 1.29 is 9.18 Å². The quantitative estimate of drug-likeness (QED) is 0.258. The van der Waals surface area contributed by atoms with E-state index in [1.54, 1.807) is 42.5 Å². The van der Waals surface area contributed by atoms with Crippen LogP contribution in [-0.4, -0.2) is 40.4 Å². The van der Waals surface area contributed by atoms with E-state index in [9.17, 15) is 9.18 Å². The van der Waals surface area contributed by atoms with E-state index in [-0.39, 0.29) is 22.7 Å². The molecule has 1 atom stereocenters. The zero-order valence-corrected chi connectivity index (χ0v) is 21.5. The minimum absolute atomic E-state index is 0.00827. The number of nitrogens with one attached hydrogen (secondary N) is 2. The minimum Gasteiger partial charge on any atom is -0.337 e. The van der Waals surface area contributed by atoms with Crippen molar-refractivity contribution in [3.63, 3.8) is 0 Å². The molecule has 0 aliphatic carbocycles. The van der Waals surface area contributed by atoms with Gasteiger partial charge in [0.15, 0.2) is 5.82 Å². The van der Waals surface area contributed by atoms with Gasteiger partial charge in [-0.3, -0.25) is 9.69 Å². The molecule has 0 spiro atoms. The molecule has 6 nitrogen and oxygen atoms in total. The third-order valence-corrected chi connectivity index (χ3v) is 6.95. The van der Waals surface area contributed by atoms with E-state index in [0.717, 1.165) is 24.9 Å². The Bertz CT molecular complexity index is 1510. The molecule has 1 aromatic heterocycles. The summed E-state index contributed by atoms with van der Waals surface area (Å²) < 4.78 is 14.7. The van der Waals surface area contributed by atoms with Crippen molar-refractivity contribution in [2.45, 2.75) is 18.9 Å². The molecule has 1 saturated heterocycles. The average molecular weight is 536 g/mol. The third kappa shape index (κ3) is 5.44. The highest BCUT2D eigenvalue weighted by Crippen LogP contribution is 2.40. The van der Waals surface area contributed by atoms with Crippen LogP contribution in [0.5, 0.6) is 0 Å². The van der Waals surface area contributed by atoms with Gasteiger partial charge in [0.2, 0.25) is 5.91 Å². The number of hydrogen-bond donors (Lipinski definition) is 2. The molecule has 2 N–H and O–H groups in total. The minimum atomic E-state index is -0.591. The lowest BCUT2D eigenvalue weighted by Crippen LogP contribution is -2.23. The lowest BCUT2D eigenvalue weighted by atomic mass is 9.98. The number of fused-ring (bicyclic) bond motifs is 1. The lowest BCUT2D eigenvalue weighted by molar-refractivity contribution is -0.111. The van der Waals surface area contributed by atoms with Gasteiger partial charge >= 0.3 is 0 Å². The van der Waals surface area contributed by atoms with E-state index in [1.807, 2.05) is 18.2 Å². The van der Waals surface area contributed by atoms with Gasteiger partial charge in [0.1, 0.15) is 12.1 Å². The Balaban J connectivity index is 1.61. The number of likely N-dealkylation sites (tertiary alicyclic amines) is 1. The summed E-state index contributed by atoms with van der Waals surface area (Å²) in [4.78, 5) is 24.0. The standard InChI is InChI=1S/C28H24Cl2FN5O/c1-36-14-4-7-19(36)10-13-24(37)34-22-12-11-21-26(25(22)17-5-2-6-18(29)15-17)28(33-16-32-21)35-23-9-3-8-20(30)27(23)31/h2-3,5-6,8-13,15-16,19H,4,7,14H2,1H3,(H,34,37)(H,32,33,35). The zero-order valence-electron chi connectivity index (χ0n) is 20.0. The number of aromatic nitrogens is 2. The van der Waals surface area contributed by atoms with E-state index in [1.165, 1.54) is 12.4 Å². The molecule has 2 heterocycles. The SMILES string of the molecule is CN1CCCC1C=CC(=O)Nc1ccc2ncnc(Nc3cccc(Cl)c3F)c2c1-c1cccc(Cl)c1. The van der Waals surface area contributed by atoms with E-state index < -0.39 is 5.82 Å².